The summed E-state index contributed by atoms with van der Waals surface area (Å²) >= 11 is 6.84. The molecule has 19 heavy (non-hydrogen) atoms. The largest absolute Gasteiger partial charge is 0.118 e. The van der Waals surface area contributed by atoms with Gasteiger partial charge in [-0.25, -0.2) is 0 Å². The number of hydrogen-bond acceptors (Lipinski definition) is 0. The van der Waals surface area contributed by atoms with Crippen molar-refractivity contribution in [2.75, 3.05) is 0 Å². The Morgan fingerprint density at radius 2 is 1.32 bits per heavy atom. The second-order valence-electron chi connectivity index (χ2n) is 5.37. The number of alkyl halides is 1. The Hall–Kier alpha value is -0.490. The Bertz CT molecular complexity index is 366. The molecule has 0 fully saturated rings. The van der Waals surface area contributed by atoms with Crippen molar-refractivity contribution in [1.29, 1.82) is 0 Å². The maximum Gasteiger partial charge on any atom is 0.0618 e. The summed E-state index contributed by atoms with van der Waals surface area (Å²) in [6.07, 6.45) is 5.59. The van der Waals surface area contributed by atoms with Gasteiger partial charge in [0, 0.05) is 0 Å². The molecule has 0 spiro atoms. The Balaban J connectivity index is 3.30. The monoisotopic (exact) mass is 280 g/mol. The molecule has 1 heteroatoms. The molecule has 0 N–H and O–H groups in total. The van der Waals surface area contributed by atoms with E-state index >= 15 is 0 Å². The molecule has 1 aromatic carbocycles. The van der Waals surface area contributed by atoms with Crippen molar-refractivity contribution in [2.45, 2.75) is 72.1 Å². The zero-order valence-electron chi connectivity index (χ0n) is 13.2. The van der Waals surface area contributed by atoms with Crippen LogP contribution in [-0.2, 0) is 19.3 Å². The van der Waals surface area contributed by atoms with Gasteiger partial charge in [-0.05, 0) is 47.4 Å². The summed E-state index contributed by atoms with van der Waals surface area (Å²) in [5.74, 6) is 0.588. The van der Waals surface area contributed by atoms with Gasteiger partial charge in [-0.15, -0.1) is 11.6 Å². The molecule has 1 atom stereocenters. The van der Waals surface area contributed by atoms with Crippen molar-refractivity contribution in [3.63, 3.8) is 0 Å². The minimum Gasteiger partial charge on any atom is -0.118 e. The SMILES string of the molecule is CCc1cc(CC)c(C(Cl)C(CC)CC)c(CC)c1. The minimum absolute atomic E-state index is 0.172. The average Bonchev–Trinajstić information content (AvgIpc) is 2.46. The molecule has 0 heterocycles. The van der Waals surface area contributed by atoms with E-state index in [1.807, 2.05) is 0 Å². The van der Waals surface area contributed by atoms with Crippen molar-refractivity contribution in [2.24, 2.45) is 5.92 Å². The van der Waals surface area contributed by atoms with Crippen LogP contribution < -0.4 is 0 Å². The summed E-state index contributed by atoms with van der Waals surface area (Å²) in [6, 6.07) is 4.73. The van der Waals surface area contributed by atoms with E-state index in [1.165, 1.54) is 22.3 Å². The van der Waals surface area contributed by atoms with Crippen molar-refractivity contribution in [3.05, 3.63) is 34.4 Å². The lowest BCUT2D eigenvalue weighted by Gasteiger charge is -2.25. The number of rotatable bonds is 7. The van der Waals surface area contributed by atoms with E-state index in [0.717, 1.165) is 32.1 Å². The fourth-order valence-electron chi connectivity index (χ4n) is 2.93. The topological polar surface area (TPSA) is 0 Å². The zero-order valence-corrected chi connectivity index (χ0v) is 14.0. The third-order valence-corrected chi connectivity index (χ3v) is 4.89. The molecule has 1 aromatic rings. The number of halogens is 1. The molecule has 0 radical (unpaired) electrons. The normalized spacial score (nSPS) is 13.0. The lowest BCUT2D eigenvalue weighted by molar-refractivity contribution is 0.472. The molecule has 0 saturated heterocycles. The summed E-state index contributed by atoms with van der Waals surface area (Å²) < 4.78 is 0. The van der Waals surface area contributed by atoms with E-state index < -0.39 is 0 Å². The first-order chi connectivity index (χ1) is 9.12. The molecule has 0 saturated carbocycles. The van der Waals surface area contributed by atoms with Crippen molar-refractivity contribution >= 4 is 11.6 Å². The van der Waals surface area contributed by atoms with Crippen LogP contribution in [-0.4, -0.2) is 0 Å². The highest BCUT2D eigenvalue weighted by Gasteiger charge is 2.23. The van der Waals surface area contributed by atoms with Crippen molar-refractivity contribution < 1.29 is 0 Å². The van der Waals surface area contributed by atoms with Gasteiger partial charge < -0.3 is 0 Å². The van der Waals surface area contributed by atoms with E-state index in [4.69, 9.17) is 11.6 Å². The summed E-state index contributed by atoms with van der Waals surface area (Å²) in [4.78, 5) is 0. The van der Waals surface area contributed by atoms with Crippen LogP contribution in [0.4, 0.5) is 0 Å². The van der Waals surface area contributed by atoms with Crippen LogP contribution in [0.2, 0.25) is 0 Å². The fourth-order valence-corrected chi connectivity index (χ4v) is 3.57. The maximum absolute atomic E-state index is 6.84. The van der Waals surface area contributed by atoms with Gasteiger partial charge in [0.15, 0.2) is 0 Å². The molecule has 0 nitrogen and oxygen atoms in total. The van der Waals surface area contributed by atoms with Crippen molar-refractivity contribution in [3.8, 4) is 0 Å². The third-order valence-electron chi connectivity index (χ3n) is 4.32. The summed E-state index contributed by atoms with van der Waals surface area (Å²) in [5, 5.41) is 0.172. The van der Waals surface area contributed by atoms with Crippen LogP contribution >= 0.6 is 11.6 Å². The van der Waals surface area contributed by atoms with Gasteiger partial charge in [0.25, 0.3) is 0 Å². The lowest BCUT2D eigenvalue weighted by Crippen LogP contribution is -2.11. The van der Waals surface area contributed by atoms with Gasteiger partial charge in [-0.1, -0.05) is 59.6 Å². The number of hydrogen-bond donors (Lipinski definition) is 0. The fraction of sp³-hybridized carbons (Fsp3) is 0.667. The Morgan fingerprint density at radius 3 is 1.63 bits per heavy atom. The highest BCUT2D eigenvalue weighted by atomic mass is 35.5. The highest BCUT2D eigenvalue weighted by Crippen LogP contribution is 2.38. The van der Waals surface area contributed by atoms with E-state index in [9.17, 15) is 0 Å². The van der Waals surface area contributed by atoms with Crippen LogP contribution in [0.1, 0.15) is 75.1 Å². The molecular formula is C18H29Cl. The van der Waals surface area contributed by atoms with Gasteiger partial charge in [0.05, 0.1) is 5.38 Å². The average molecular weight is 281 g/mol. The molecule has 0 aliphatic carbocycles. The molecule has 108 valence electrons. The summed E-state index contributed by atoms with van der Waals surface area (Å²) in [7, 11) is 0. The van der Waals surface area contributed by atoms with Gasteiger partial charge in [-0.3, -0.25) is 0 Å². The third kappa shape index (κ3) is 3.75. The van der Waals surface area contributed by atoms with E-state index in [2.05, 4.69) is 46.8 Å². The second kappa shape index (κ2) is 7.94. The molecule has 0 amide bonds. The molecule has 0 bridgehead atoms. The lowest BCUT2D eigenvalue weighted by atomic mass is 9.85. The smallest absolute Gasteiger partial charge is 0.0618 e. The first kappa shape index (κ1) is 16.6. The second-order valence-corrected chi connectivity index (χ2v) is 5.84. The van der Waals surface area contributed by atoms with E-state index in [-0.39, 0.29) is 5.38 Å². The van der Waals surface area contributed by atoms with Crippen LogP contribution in [0.25, 0.3) is 0 Å². The zero-order chi connectivity index (χ0) is 14.4. The Morgan fingerprint density at radius 1 is 0.842 bits per heavy atom. The maximum atomic E-state index is 6.84. The molecule has 0 aromatic heterocycles. The van der Waals surface area contributed by atoms with Crippen LogP contribution in [0.3, 0.4) is 0 Å². The number of benzene rings is 1. The Labute approximate surface area is 124 Å². The summed E-state index contributed by atoms with van der Waals surface area (Å²) in [6.45, 7) is 11.2. The van der Waals surface area contributed by atoms with Gasteiger partial charge in [0.1, 0.15) is 0 Å². The predicted molar refractivity (Wildman–Crippen MR) is 87.2 cm³/mol. The molecule has 0 aliphatic heterocycles. The standard InChI is InChI=1S/C18H29Cl/c1-6-13-11-15(9-4)17(16(10-5)12-13)18(19)14(7-2)8-3/h11-12,14,18H,6-10H2,1-5H3. The first-order valence-electron chi connectivity index (χ1n) is 7.91. The Kier molecular flexibility index (Phi) is 6.93. The quantitative estimate of drug-likeness (QED) is 0.530. The molecule has 1 unspecified atom stereocenters. The van der Waals surface area contributed by atoms with Gasteiger partial charge >= 0.3 is 0 Å². The van der Waals surface area contributed by atoms with Crippen molar-refractivity contribution in [1.82, 2.24) is 0 Å². The van der Waals surface area contributed by atoms with E-state index in [0.29, 0.717) is 5.92 Å². The van der Waals surface area contributed by atoms with Gasteiger partial charge in [0.2, 0.25) is 0 Å². The van der Waals surface area contributed by atoms with Crippen LogP contribution in [0, 0.1) is 5.92 Å². The summed E-state index contributed by atoms with van der Waals surface area (Å²) in [5.41, 5.74) is 5.80. The van der Waals surface area contributed by atoms with Gasteiger partial charge in [-0.2, -0.15) is 0 Å². The molecular weight excluding hydrogens is 252 g/mol. The van der Waals surface area contributed by atoms with E-state index in [1.54, 1.807) is 0 Å². The predicted octanol–water partition coefficient (Wildman–Crippen LogP) is 6.09. The molecule has 0 aliphatic rings. The number of aryl methyl sites for hydroxylation is 3. The minimum atomic E-state index is 0.172. The first-order valence-corrected chi connectivity index (χ1v) is 8.34. The molecule has 1 rings (SSSR count). The highest BCUT2D eigenvalue weighted by molar-refractivity contribution is 6.21. The van der Waals surface area contributed by atoms with Crippen LogP contribution in [0.15, 0.2) is 12.1 Å². The van der Waals surface area contributed by atoms with Crippen LogP contribution in [0.5, 0.6) is 0 Å².